The summed E-state index contributed by atoms with van der Waals surface area (Å²) >= 11 is 6.59. The highest BCUT2D eigenvalue weighted by Gasteiger charge is 2.58. The van der Waals surface area contributed by atoms with E-state index >= 15 is 0 Å². The number of ether oxygens (including phenoxy) is 1. The number of fused-ring (bicyclic) bond motifs is 1. The molecule has 4 rings (SSSR count). The first-order valence-corrected chi connectivity index (χ1v) is 10.7. The van der Waals surface area contributed by atoms with Crippen molar-refractivity contribution in [2.24, 2.45) is 11.8 Å². The number of halogens is 1. The fourth-order valence-corrected chi connectivity index (χ4v) is 5.39. The summed E-state index contributed by atoms with van der Waals surface area (Å²) in [6.07, 6.45) is 2.30. The van der Waals surface area contributed by atoms with Gasteiger partial charge in [-0.3, -0.25) is 4.90 Å². The first-order chi connectivity index (χ1) is 13.8. The van der Waals surface area contributed by atoms with Crippen molar-refractivity contribution in [3.8, 4) is 5.75 Å². The van der Waals surface area contributed by atoms with Crippen LogP contribution in [-0.4, -0.2) is 25.1 Å². The van der Waals surface area contributed by atoms with Gasteiger partial charge in [0.05, 0.1) is 24.9 Å². The monoisotopic (exact) mass is 412 g/mol. The van der Waals surface area contributed by atoms with Crippen LogP contribution in [0.25, 0.3) is 0 Å². The minimum Gasteiger partial charge on any atom is -0.497 e. The van der Waals surface area contributed by atoms with E-state index < -0.39 is 0 Å². The molecule has 1 saturated carbocycles. The molecular weight excluding hydrogens is 384 g/mol. The number of urea groups is 1. The van der Waals surface area contributed by atoms with Crippen molar-refractivity contribution < 1.29 is 9.53 Å². The van der Waals surface area contributed by atoms with Crippen molar-refractivity contribution >= 4 is 23.3 Å². The molecule has 2 amide bonds. The van der Waals surface area contributed by atoms with Crippen molar-refractivity contribution in [3.63, 3.8) is 0 Å². The third-order valence-electron chi connectivity index (χ3n) is 6.72. The molecule has 5 heteroatoms. The SMILES string of the molecule is COc1ccc(CN2C(=O)N(C)C(C(C)C)(C3CC3)c3c2ccc(Cl)c3C)cc1. The standard InChI is InChI=1S/C24H29ClN2O2/c1-15(2)24(18-8-9-18)22-16(3)20(25)12-13-21(22)27(23(28)26(24)4)14-17-6-10-19(29-5)11-7-17/h6-7,10-13,15,18H,8-9,14H2,1-5H3. The lowest BCUT2D eigenvalue weighted by molar-refractivity contribution is 0.0668. The third kappa shape index (κ3) is 3.00. The fraction of sp³-hybridized carbons (Fsp3) is 0.458. The molecule has 0 aromatic heterocycles. The number of nitrogens with zero attached hydrogens (tertiary/aromatic N) is 2. The highest BCUT2D eigenvalue weighted by atomic mass is 35.5. The molecule has 1 unspecified atom stereocenters. The average molecular weight is 413 g/mol. The van der Waals surface area contributed by atoms with Crippen molar-refractivity contribution in [2.45, 2.75) is 45.7 Å². The maximum absolute atomic E-state index is 13.7. The second-order valence-electron chi connectivity index (χ2n) is 8.60. The summed E-state index contributed by atoms with van der Waals surface area (Å²) in [4.78, 5) is 17.5. The summed E-state index contributed by atoms with van der Waals surface area (Å²) in [7, 11) is 3.62. The van der Waals surface area contributed by atoms with Gasteiger partial charge in [-0.15, -0.1) is 0 Å². The number of benzene rings is 2. The zero-order valence-corrected chi connectivity index (χ0v) is 18.6. The molecule has 4 nitrogen and oxygen atoms in total. The maximum atomic E-state index is 13.7. The van der Waals surface area contributed by atoms with E-state index in [1.807, 2.05) is 53.2 Å². The van der Waals surface area contributed by atoms with Gasteiger partial charge in [0, 0.05) is 17.6 Å². The molecule has 2 aliphatic rings. The number of hydrogen-bond donors (Lipinski definition) is 0. The highest BCUT2D eigenvalue weighted by Crippen LogP contribution is 2.59. The Morgan fingerprint density at radius 3 is 2.38 bits per heavy atom. The summed E-state index contributed by atoms with van der Waals surface area (Å²) in [5.41, 5.74) is 4.06. The first kappa shape index (κ1) is 20.1. The van der Waals surface area contributed by atoms with Crippen LogP contribution in [0, 0.1) is 18.8 Å². The van der Waals surface area contributed by atoms with E-state index in [9.17, 15) is 4.79 Å². The Morgan fingerprint density at radius 2 is 1.83 bits per heavy atom. The van der Waals surface area contributed by atoms with Gasteiger partial charge in [0.1, 0.15) is 5.75 Å². The number of anilines is 1. The van der Waals surface area contributed by atoms with Crippen LogP contribution >= 0.6 is 11.6 Å². The smallest absolute Gasteiger partial charge is 0.325 e. The Morgan fingerprint density at radius 1 is 1.17 bits per heavy atom. The van der Waals surface area contributed by atoms with Gasteiger partial charge in [0.25, 0.3) is 0 Å². The fourth-order valence-electron chi connectivity index (χ4n) is 5.23. The number of methoxy groups -OCH3 is 1. The van der Waals surface area contributed by atoms with E-state index in [1.165, 1.54) is 5.56 Å². The van der Waals surface area contributed by atoms with E-state index in [1.54, 1.807) is 7.11 Å². The molecule has 0 bridgehead atoms. The van der Waals surface area contributed by atoms with Crippen LogP contribution in [0.2, 0.25) is 5.02 Å². The summed E-state index contributed by atoms with van der Waals surface area (Å²) in [5.74, 6) is 1.59. The lowest BCUT2D eigenvalue weighted by atomic mass is 9.71. The number of amides is 2. The number of carbonyl (C=O) groups excluding carboxylic acids is 1. The zero-order valence-electron chi connectivity index (χ0n) is 17.8. The van der Waals surface area contributed by atoms with Gasteiger partial charge < -0.3 is 9.64 Å². The Kier molecular flexibility index (Phi) is 5.02. The van der Waals surface area contributed by atoms with Crippen LogP contribution in [0.3, 0.4) is 0 Å². The molecule has 1 heterocycles. The maximum Gasteiger partial charge on any atom is 0.325 e. The van der Waals surface area contributed by atoms with Crippen LogP contribution in [-0.2, 0) is 12.1 Å². The molecule has 0 N–H and O–H groups in total. The van der Waals surface area contributed by atoms with Gasteiger partial charge in [-0.1, -0.05) is 37.6 Å². The normalized spacial score (nSPS) is 21.6. The van der Waals surface area contributed by atoms with Crippen LogP contribution < -0.4 is 9.64 Å². The van der Waals surface area contributed by atoms with E-state index in [0.717, 1.165) is 40.4 Å². The van der Waals surface area contributed by atoms with E-state index in [-0.39, 0.29) is 11.6 Å². The Hall–Kier alpha value is -2.20. The summed E-state index contributed by atoms with van der Waals surface area (Å²) in [6, 6.07) is 11.9. The third-order valence-corrected chi connectivity index (χ3v) is 7.13. The molecule has 2 aromatic carbocycles. The quantitative estimate of drug-likeness (QED) is 0.604. The molecular formula is C24H29ClN2O2. The number of carbonyl (C=O) groups is 1. The van der Waals surface area contributed by atoms with Gasteiger partial charge in [-0.05, 0) is 67.0 Å². The molecule has 1 aliphatic carbocycles. The second kappa shape index (κ2) is 7.24. The van der Waals surface area contributed by atoms with E-state index in [4.69, 9.17) is 16.3 Å². The number of rotatable bonds is 5. The van der Waals surface area contributed by atoms with Crippen LogP contribution in [0.4, 0.5) is 10.5 Å². The second-order valence-corrected chi connectivity index (χ2v) is 9.00. The van der Waals surface area contributed by atoms with Gasteiger partial charge in [0.15, 0.2) is 0 Å². The van der Waals surface area contributed by atoms with Crippen LogP contribution in [0.5, 0.6) is 5.75 Å². The molecule has 29 heavy (non-hydrogen) atoms. The topological polar surface area (TPSA) is 32.8 Å². The first-order valence-electron chi connectivity index (χ1n) is 10.3. The summed E-state index contributed by atoms with van der Waals surface area (Å²) in [5, 5.41) is 0.765. The molecule has 1 aliphatic heterocycles. The van der Waals surface area contributed by atoms with Gasteiger partial charge in [0.2, 0.25) is 0 Å². The van der Waals surface area contributed by atoms with Crippen LogP contribution in [0.1, 0.15) is 43.4 Å². The van der Waals surface area contributed by atoms with Gasteiger partial charge >= 0.3 is 6.03 Å². The molecule has 1 atom stereocenters. The largest absolute Gasteiger partial charge is 0.497 e. The predicted molar refractivity (Wildman–Crippen MR) is 118 cm³/mol. The predicted octanol–water partition coefficient (Wildman–Crippen LogP) is 5.99. The average Bonchev–Trinajstić information content (AvgIpc) is 3.54. The Bertz CT molecular complexity index is 933. The van der Waals surface area contributed by atoms with Crippen LogP contribution in [0.15, 0.2) is 36.4 Å². The molecule has 0 spiro atoms. The van der Waals surface area contributed by atoms with Crippen molar-refractivity contribution in [2.75, 3.05) is 19.1 Å². The lowest BCUT2D eigenvalue weighted by Crippen LogP contribution is -2.60. The van der Waals surface area contributed by atoms with E-state index in [0.29, 0.717) is 18.4 Å². The van der Waals surface area contributed by atoms with Gasteiger partial charge in [-0.25, -0.2) is 4.79 Å². The van der Waals surface area contributed by atoms with Crippen molar-refractivity contribution in [1.29, 1.82) is 0 Å². The van der Waals surface area contributed by atoms with E-state index in [2.05, 4.69) is 20.8 Å². The molecule has 0 radical (unpaired) electrons. The van der Waals surface area contributed by atoms with Gasteiger partial charge in [-0.2, -0.15) is 0 Å². The minimum absolute atomic E-state index is 0.0515. The van der Waals surface area contributed by atoms with Crippen molar-refractivity contribution in [3.05, 3.63) is 58.1 Å². The Balaban J connectivity index is 1.86. The molecule has 154 valence electrons. The van der Waals surface area contributed by atoms with Crippen molar-refractivity contribution in [1.82, 2.24) is 4.90 Å². The number of hydrogen-bond acceptors (Lipinski definition) is 2. The lowest BCUT2D eigenvalue weighted by Gasteiger charge is -2.53. The minimum atomic E-state index is -0.308. The zero-order chi connectivity index (χ0) is 20.9. The Labute approximate surface area is 178 Å². The molecule has 2 aromatic rings. The summed E-state index contributed by atoms with van der Waals surface area (Å²) < 4.78 is 5.27. The molecule has 1 fully saturated rings. The summed E-state index contributed by atoms with van der Waals surface area (Å²) in [6.45, 7) is 7.06. The molecule has 0 saturated heterocycles. The highest BCUT2D eigenvalue weighted by molar-refractivity contribution is 6.31.